The van der Waals surface area contributed by atoms with Crippen molar-refractivity contribution in [3.05, 3.63) is 97.3 Å². The fourth-order valence-corrected chi connectivity index (χ4v) is 5.03. The lowest BCUT2D eigenvalue weighted by Crippen LogP contribution is -2.42. The first-order valence-corrected chi connectivity index (χ1v) is 12.4. The van der Waals surface area contributed by atoms with Crippen molar-refractivity contribution < 1.29 is 14.7 Å². The van der Waals surface area contributed by atoms with E-state index >= 15 is 0 Å². The molecule has 1 aliphatic rings. The lowest BCUT2D eigenvalue weighted by molar-refractivity contribution is -0.139. The number of aliphatic carboxylic acids is 1. The van der Waals surface area contributed by atoms with Crippen LogP contribution in [0.5, 0.6) is 0 Å². The molecule has 0 unspecified atom stereocenters. The van der Waals surface area contributed by atoms with Crippen molar-refractivity contribution >= 4 is 57.7 Å². The number of carbonyl (C=O) groups is 2. The molecule has 1 heterocycles. The summed E-state index contributed by atoms with van der Waals surface area (Å²) in [5, 5.41) is 13.0. The van der Waals surface area contributed by atoms with E-state index in [9.17, 15) is 19.5 Å². The molecule has 0 spiro atoms. The third kappa shape index (κ3) is 4.62. The molecule has 0 aliphatic heterocycles. The van der Waals surface area contributed by atoms with E-state index in [1.165, 1.54) is 12.1 Å². The smallest absolute Gasteiger partial charge is 0.333 e. The second-order valence-electron chi connectivity index (χ2n) is 8.68. The number of amides is 1. The van der Waals surface area contributed by atoms with Crippen molar-refractivity contribution in [3.8, 4) is 5.69 Å². The molecule has 0 saturated heterocycles. The molecular formula is C26H20Cl3N3O4. The lowest BCUT2D eigenvalue weighted by Gasteiger charge is -2.16. The van der Waals surface area contributed by atoms with Gasteiger partial charge in [-0.05, 0) is 60.9 Å². The summed E-state index contributed by atoms with van der Waals surface area (Å²) in [6, 6.07) is 15.9. The molecule has 4 aromatic rings. The topological polar surface area (TPSA) is 93.3 Å². The van der Waals surface area contributed by atoms with Gasteiger partial charge in [0.15, 0.2) is 0 Å². The zero-order chi connectivity index (χ0) is 25.6. The third-order valence-corrected chi connectivity index (χ3v) is 7.04. The van der Waals surface area contributed by atoms with E-state index in [0.717, 1.165) is 18.4 Å². The molecule has 1 fully saturated rings. The van der Waals surface area contributed by atoms with E-state index in [0.29, 0.717) is 21.8 Å². The molecule has 36 heavy (non-hydrogen) atoms. The fourth-order valence-electron chi connectivity index (χ4n) is 4.29. The Hall–Kier alpha value is -3.26. The molecule has 1 saturated carbocycles. The Bertz CT molecular complexity index is 1540. The van der Waals surface area contributed by atoms with Crippen LogP contribution >= 0.6 is 34.8 Å². The number of benzene rings is 3. The normalized spacial score (nSPS) is 14.1. The summed E-state index contributed by atoms with van der Waals surface area (Å²) in [5.74, 6) is -1.88. The van der Waals surface area contributed by atoms with Gasteiger partial charge in [0.05, 0.1) is 32.3 Å². The number of fused-ring (bicyclic) bond motifs is 1. The van der Waals surface area contributed by atoms with Crippen LogP contribution in [0.25, 0.3) is 16.7 Å². The first-order chi connectivity index (χ1) is 17.2. The summed E-state index contributed by atoms with van der Waals surface area (Å²) in [4.78, 5) is 37.9. The minimum Gasteiger partial charge on any atom is -0.480 e. The number of rotatable bonds is 7. The van der Waals surface area contributed by atoms with Crippen LogP contribution in [-0.4, -0.2) is 32.2 Å². The minimum atomic E-state index is -1.21. The monoisotopic (exact) mass is 543 g/mol. The van der Waals surface area contributed by atoms with E-state index in [4.69, 9.17) is 34.8 Å². The maximum absolute atomic E-state index is 13.3. The van der Waals surface area contributed by atoms with Crippen molar-refractivity contribution in [1.82, 2.24) is 14.5 Å². The quantitative estimate of drug-likeness (QED) is 0.321. The average molecular weight is 545 g/mol. The van der Waals surface area contributed by atoms with Crippen LogP contribution in [0.4, 0.5) is 0 Å². The maximum atomic E-state index is 13.3. The Kier molecular flexibility index (Phi) is 6.55. The summed E-state index contributed by atoms with van der Waals surface area (Å²) >= 11 is 18.4. The van der Waals surface area contributed by atoms with Crippen molar-refractivity contribution in [2.45, 2.75) is 31.3 Å². The number of aromatic nitrogens is 2. The molecule has 0 radical (unpaired) electrons. The Morgan fingerprint density at radius 2 is 1.64 bits per heavy atom. The maximum Gasteiger partial charge on any atom is 0.333 e. The second-order valence-corrected chi connectivity index (χ2v) is 9.93. The second kappa shape index (κ2) is 9.65. The number of carboxylic acid groups (broad SMARTS) is 1. The van der Waals surface area contributed by atoms with Crippen LogP contribution in [0.1, 0.15) is 34.8 Å². The summed E-state index contributed by atoms with van der Waals surface area (Å²) in [5.41, 5.74) is 2.70. The molecule has 0 bridgehead atoms. The number of hydrogen-bond acceptors (Lipinski definition) is 3. The van der Waals surface area contributed by atoms with E-state index in [1.807, 2.05) is 6.07 Å². The first kappa shape index (κ1) is 24.4. The minimum absolute atomic E-state index is 0.0209. The molecule has 1 aliphatic carbocycles. The van der Waals surface area contributed by atoms with Gasteiger partial charge in [-0.15, -0.1) is 0 Å². The van der Waals surface area contributed by atoms with Gasteiger partial charge in [0.1, 0.15) is 6.04 Å². The van der Waals surface area contributed by atoms with Gasteiger partial charge in [-0.25, -0.2) is 9.59 Å². The summed E-state index contributed by atoms with van der Waals surface area (Å²) < 4.78 is 3.41. The standard InChI is InChI=1S/C26H20Cl3N3O4/c27-15-6-11-21-22(13-15)32(26(36)31(21)17-9-10-17)16-7-4-14(5-8-16)12-20(25(34)35)30-24(33)23-18(28)2-1-3-19(23)29/h1-8,11,13,17,20H,9-10,12H2,(H,30,33)(H,34,35)/t20-/m0/s1. The van der Waals surface area contributed by atoms with Crippen LogP contribution in [0.15, 0.2) is 65.5 Å². The number of carbonyl (C=O) groups excluding carboxylic acids is 1. The molecule has 7 nitrogen and oxygen atoms in total. The average Bonchev–Trinajstić information content (AvgIpc) is 3.62. The molecule has 2 N–H and O–H groups in total. The van der Waals surface area contributed by atoms with Crippen LogP contribution in [0, 0.1) is 0 Å². The fraction of sp³-hybridized carbons (Fsp3) is 0.192. The van der Waals surface area contributed by atoms with E-state index in [2.05, 4.69) is 5.32 Å². The highest BCUT2D eigenvalue weighted by Crippen LogP contribution is 2.37. The number of imidazole rings is 1. The van der Waals surface area contributed by atoms with Gasteiger partial charge in [0.2, 0.25) is 0 Å². The van der Waals surface area contributed by atoms with Gasteiger partial charge < -0.3 is 10.4 Å². The summed E-state index contributed by atoms with van der Waals surface area (Å²) in [6.45, 7) is 0. The van der Waals surface area contributed by atoms with Crippen molar-refractivity contribution in [2.24, 2.45) is 0 Å². The molecule has 1 atom stereocenters. The third-order valence-electron chi connectivity index (χ3n) is 6.17. The van der Waals surface area contributed by atoms with Gasteiger partial charge in [-0.1, -0.05) is 53.0 Å². The van der Waals surface area contributed by atoms with E-state index < -0.39 is 17.9 Å². The molecule has 3 aromatic carbocycles. The van der Waals surface area contributed by atoms with Crippen LogP contribution < -0.4 is 11.0 Å². The Morgan fingerprint density at radius 1 is 0.972 bits per heavy atom. The Balaban J connectivity index is 1.42. The van der Waals surface area contributed by atoms with Crippen molar-refractivity contribution in [2.75, 3.05) is 0 Å². The lowest BCUT2D eigenvalue weighted by atomic mass is 10.0. The van der Waals surface area contributed by atoms with Crippen LogP contribution in [-0.2, 0) is 11.2 Å². The number of nitrogens with zero attached hydrogens (tertiary/aromatic N) is 2. The highest BCUT2D eigenvalue weighted by molar-refractivity contribution is 6.39. The predicted octanol–water partition coefficient (Wildman–Crippen LogP) is 5.51. The van der Waals surface area contributed by atoms with Crippen LogP contribution in [0.3, 0.4) is 0 Å². The van der Waals surface area contributed by atoms with Crippen LogP contribution in [0.2, 0.25) is 15.1 Å². The number of hydrogen-bond donors (Lipinski definition) is 2. The zero-order valence-electron chi connectivity index (χ0n) is 18.7. The van der Waals surface area contributed by atoms with Gasteiger partial charge in [0.25, 0.3) is 5.91 Å². The first-order valence-electron chi connectivity index (χ1n) is 11.2. The molecule has 184 valence electrons. The predicted molar refractivity (Wildman–Crippen MR) is 140 cm³/mol. The Labute approximate surface area is 220 Å². The number of carboxylic acids is 1. The van der Waals surface area contributed by atoms with Gasteiger partial charge in [0, 0.05) is 17.5 Å². The summed E-state index contributed by atoms with van der Waals surface area (Å²) in [6.07, 6.45) is 1.94. The molecular weight excluding hydrogens is 525 g/mol. The van der Waals surface area contributed by atoms with Crippen molar-refractivity contribution in [1.29, 1.82) is 0 Å². The van der Waals surface area contributed by atoms with Gasteiger partial charge in [-0.3, -0.25) is 13.9 Å². The van der Waals surface area contributed by atoms with E-state index in [-0.39, 0.29) is 33.8 Å². The molecule has 1 aromatic heterocycles. The largest absolute Gasteiger partial charge is 0.480 e. The molecule has 1 amide bonds. The number of nitrogens with one attached hydrogen (secondary N) is 1. The highest BCUT2D eigenvalue weighted by atomic mass is 35.5. The van der Waals surface area contributed by atoms with Gasteiger partial charge >= 0.3 is 11.7 Å². The zero-order valence-corrected chi connectivity index (χ0v) is 21.0. The van der Waals surface area contributed by atoms with E-state index in [1.54, 1.807) is 51.6 Å². The number of halogens is 3. The Morgan fingerprint density at radius 3 is 2.25 bits per heavy atom. The van der Waals surface area contributed by atoms with Crippen molar-refractivity contribution in [3.63, 3.8) is 0 Å². The molecule has 5 rings (SSSR count). The highest BCUT2D eigenvalue weighted by Gasteiger charge is 2.29. The SMILES string of the molecule is O=C(N[C@@H](Cc1ccc(-n2c(=O)n(C3CC3)c3ccc(Cl)cc32)cc1)C(=O)O)c1c(Cl)cccc1Cl. The summed E-state index contributed by atoms with van der Waals surface area (Å²) in [7, 11) is 0. The molecule has 10 heteroatoms. The van der Waals surface area contributed by atoms with Gasteiger partial charge in [-0.2, -0.15) is 0 Å².